The maximum atomic E-state index is 12.0. The SMILES string of the molecule is Nc1nc(COC(=O)Cc2ccc(Cl)cc2)nc(Nc2ccccc2)n1. The lowest BCUT2D eigenvalue weighted by molar-refractivity contribution is -0.144. The van der Waals surface area contributed by atoms with Gasteiger partial charge in [0.2, 0.25) is 11.9 Å². The standard InChI is InChI=1S/C18H16ClN5O2/c19-13-8-6-12(7-9-13)10-16(25)26-11-15-22-17(20)24-18(23-15)21-14-4-2-1-3-5-14/h1-9H,10-11H2,(H3,20,21,22,23,24). The van der Waals surface area contributed by atoms with Crippen molar-refractivity contribution in [2.45, 2.75) is 13.0 Å². The van der Waals surface area contributed by atoms with Gasteiger partial charge in [-0.15, -0.1) is 0 Å². The lowest BCUT2D eigenvalue weighted by Crippen LogP contribution is -2.12. The quantitative estimate of drug-likeness (QED) is 0.643. The van der Waals surface area contributed by atoms with Crippen molar-refractivity contribution in [2.75, 3.05) is 11.1 Å². The highest BCUT2D eigenvalue weighted by molar-refractivity contribution is 6.30. The number of nitrogens with zero attached hydrogens (tertiary/aromatic N) is 3. The number of nitrogen functional groups attached to an aromatic ring is 1. The third kappa shape index (κ3) is 5.15. The number of carbonyl (C=O) groups excluding carboxylic acids is 1. The third-order valence-corrected chi connectivity index (χ3v) is 3.60. The van der Waals surface area contributed by atoms with Crippen molar-refractivity contribution in [3.05, 3.63) is 71.0 Å². The summed E-state index contributed by atoms with van der Waals surface area (Å²) in [6.07, 6.45) is 0.132. The van der Waals surface area contributed by atoms with Crippen LogP contribution in [0.15, 0.2) is 54.6 Å². The molecule has 0 unspecified atom stereocenters. The van der Waals surface area contributed by atoms with Gasteiger partial charge < -0.3 is 15.8 Å². The van der Waals surface area contributed by atoms with Crippen LogP contribution in [0.25, 0.3) is 0 Å². The summed E-state index contributed by atoms with van der Waals surface area (Å²) in [5, 5.41) is 3.63. The second-order valence-corrected chi connectivity index (χ2v) is 5.82. The largest absolute Gasteiger partial charge is 0.457 e. The first-order valence-electron chi connectivity index (χ1n) is 7.81. The Balaban J connectivity index is 1.60. The minimum absolute atomic E-state index is 0.0437. The number of aromatic nitrogens is 3. The summed E-state index contributed by atoms with van der Waals surface area (Å²) >= 11 is 5.82. The van der Waals surface area contributed by atoms with Gasteiger partial charge in [-0.05, 0) is 29.8 Å². The Labute approximate surface area is 155 Å². The lowest BCUT2D eigenvalue weighted by atomic mass is 10.1. The number of nitrogens with two attached hydrogens (primary N) is 1. The molecule has 0 bridgehead atoms. The number of ether oxygens (including phenoxy) is 1. The van der Waals surface area contributed by atoms with E-state index in [1.165, 1.54) is 0 Å². The Morgan fingerprint density at radius 3 is 2.50 bits per heavy atom. The number of anilines is 3. The molecular weight excluding hydrogens is 354 g/mol. The molecule has 8 heteroatoms. The van der Waals surface area contributed by atoms with E-state index in [2.05, 4.69) is 20.3 Å². The van der Waals surface area contributed by atoms with Gasteiger partial charge in [-0.2, -0.15) is 15.0 Å². The average Bonchev–Trinajstić information content (AvgIpc) is 2.62. The summed E-state index contributed by atoms with van der Waals surface area (Å²) in [5.74, 6) is 0.193. The number of esters is 1. The molecule has 0 radical (unpaired) electrons. The second kappa shape index (κ2) is 8.26. The molecule has 0 fully saturated rings. The van der Waals surface area contributed by atoms with Crippen LogP contribution in [0.3, 0.4) is 0 Å². The number of rotatable bonds is 6. The number of nitrogens with one attached hydrogen (secondary N) is 1. The van der Waals surface area contributed by atoms with Crippen molar-refractivity contribution in [1.82, 2.24) is 15.0 Å². The molecule has 3 rings (SSSR count). The number of para-hydroxylation sites is 1. The van der Waals surface area contributed by atoms with Crippen LogP contribution in [-0.4, -0.2) is 20.9 Å². The highest BCUT2D eigenvalue weighted by Gasteiger charge is 2.09. The molecule has 7 nitrogen and oxygen atoms in total. The minimum atomic E-state index is -0.399. The highest BCUT2D eigenvalue weighted by atomic mass is 35.5. The second-order valence-electron chi connectivity index (χ2n) is 5.39. The fourth-order valence-corrected chi connectivity index (χ4v) is 2.30. The molecule has 0 atom stereocenters. The van der Waals surface area contributed by atoms with E-state index in [1.807, 2.05) is 30.3 Å². The Morgan fingerprint density at radius 2 is 1.77 bits per heavy atom. The van der Waals surface area contributed by atoms with Crippen molar-refractivity contribution in [3.8, 4) is 0 Å². The Morgan fingerprint density at radius 1 is 1.04 bits per heavy atom. The van der Waals surface area contributed by atoms with Crippen molar-refractivity contribution in [3.63, 3.8) is 0 Å². The van der Waals surface area contributed by atoms with Crippen LogP contribution in [0.1, 0.15) is 11.4 Å². The van der Waals surface area contributed by atoms with Gasteiger partial charge in [-0.1, -0.05) is 41.9 Å². The fourth-order valence-electron chi connectivity index (χ4n) is 2.17. The molecule has 0 spiro atoms. The number of carbonyl (C=O) groups is 1. The Bertz CT molecular complexity index is 888. The predicted octanol–water partition coefficient (Wildman–Crippen LogP) is 3.14. The zero-order valence-corrected chi connectivity index (χ0v) is 14.5. The number of hydrogen-bond donors (Lipinski definition) is 2. The number of hydrogen-bond acceptors (Lipinski definition) is 7. The van der Waals surface area contributed by atoms with Gasteiger partial charge in [0.15, 0.2) is 12.4 Å². The van der Waals surface area contributed by atoms with E-state index in [9.17, 15) is 4.79 Å². The van der Waals surface area contributed by atoms with Gasteiger partial charge in [0.05, 0.1) is 6.42 Å². The monoisotopic (exact) mass is 369 g/mol. The van der Waals surface area contributed by atoms with E-state index in [1.54, 1.807) is 24.3 Å². The average molecular weight is 370 g/mol. The van der Waals surface area contributed by atoms with E-state index < -0.39 is 5.97 Å². The molecule has 0 amide bonds. The number of benzene rings is 2. The van der Waals surface area contributed by atoms with Crippen molar-refractivity contribution >= 4 is 35.2 Å². The van der Waals surface area contributed by atoms with Crippen LogP contribution in [0.4, 0.5) is 17.6 Å². The van der Waals surface area contributed by atoms with E-state index >= 15 is 0 Å². The maximum Gasteiger partial charge on any atom is 0.310 e. The molecule has 3 N–H and O–H groups in total. The summed E-state index contributed by atoms with van der Waals surface area (Å²) < 4.78 is 5.21. The highest BCUT2D eigenvalue weighted by Crippen LogP contribution is 2.13. The van der Waals surface area contributed by atoms with Gasteiger partial charge in [0.25, 0.3) is 0 Å². The molecule has 26 heavy (non-hydrogen) atoms. The molecule has 0 aliphatic rings. The molecule has 0 aliphatic carbocycles. The van der Waals surface area contributed by atoms with E-state index in [0.29, 0.717) is 5.02 Å². The molecule has 0 aliphatic heterocycles. The normalized spacial score (nSPS) is 10.3. The molecule has 3 aromatic rings. The van der Waals surface area contributed by atoms with Crippen LogP contribution >= 0.6 is 11.6 Å². The zero-order chi connectivity index (χ0) is 18.4. The van der Waals surface area contributed by atoms with Gasteiger partial charge in [0, 0.05) is 10.7 Å². The fraction of sp³-hybridized carbons (Fsp3) is 0.111. The molecular formula is C18H16ClN5O2. The van der Waals surface area contributed by atoms with Gasteiger partial charge in [-0.3, -0.25) is 4.79 Å². The topological polar surface area (TPSA) is 103 Å². The molecule has 132 valence electrons. The smallest absolute Gasteiger partial charge is 0.310 e. The van der Waals surface area contributed by atoms with E-state index in [-0.39, 0.29) is 30.7 Å². The van der Waals surface area contributed by atoms with Crippen molar-refractivity contribution < 1.29 is 9.53 Å². The first-order chi connectivity index (χ1) is 12.6. The van der Waals surface area contributed by atoms with Crippen LogP contribution in [-0.2, 0) is 22.6 Å². The van der Waals surface area contributed by atoms with E-state index in [4.69, 9.17) is 22.1 Å². The zero-order valence-electron chi connectivity index (χ0n) is 13.7. The number of halogens is 1. The minimum Gasteiger partial charge on any atom is -0.457 e. The molecule has 0 saturated carbocycles. The summed E-state index contributed by atoms with van der Waals surface area (Å²) in [5.41, 5.74) is 7.32. The van der Waals surface area contributed by atoms with E-state index in [0.717, 1.165) is 11.3 Å². The molecule has 1 aromatic heterocycles. The van der Waals surface area contributed by atoms with Crippen molar-refractivity contribution in [2.24, 2.45) is 0 Å². The molecule has 0 saturated heterocycles. The van der Waals surface area contributed by atoms with Gasteiger partial charge >= 0.3 is 5.97 Å². The first kappa shape index (κ1) is 17.6. The van der Waals surface area contributed by atoms with Crippen molar-refractivity contribution in [1.29, 1.82) is 0 Å². The third-order valence-electron chi connectivity index (χ3n) is 3.35. The van der Waals surface area contributed by atoms with Gasteiger partial charge in [-0.25, -0.2) is 0 Å². The van der Waals surface area contributed by atoms with Crippen LogP contribution in [0.2, 0.25) is 5.02 Å². The summed E-state index contributed by atoms with van der Waals surface area (Å²) in [7, 11) is 0. The maximum absolute atomic E-state index is 12.0. The molecule has 1 heterocycles. The first-order valence-corrected chi connectivity index (χ1v) is 8.19. The van der Waals surface area contributed by atoms with Crippen LogP contribution in [0, 0.1) is 0 Å². The lowest BCUT2D eigenvalue weighted by Gasteiger charge is -2.08. The Hall–Kier alpha value is -3.19. The van der Waals surface area contributed by atoms with Crippen LogP contribution < -0.4 is 11.1 Å². The van der Waals surface area contributed by atoms with Gasteiger partial charge in [0.1, 0.15) is 0 Å². The Kier molecular flexibility index (Phi) is 5.60. The predicted molar refractivity (Wildman–Crippen MR) is 98.9 cm³/mol. The summed E-state index contributed by atoms with van der Waals surface area (Å²) in [4.78, 5) is 24.2. The summed E-state index contributed by atoms with van der Waals surface area (Å²) in [6.45, 7) is -0.0946. The summed E-state index contributed by atoms with van der Waals surface area (Å²) in [6, 6.07) is 16.4. The van der Waals surface area contributed by atoms with Crippen LogP contribution in [0.5, 0.6) is 0 Å². The molecule has 2 aromatic carbocycles.